The molecule has 98 valence electrons. The van der Waals surface area contributed by atoms with Gasteiger partial charge in [0.2, 0.25) is 0 Å². The van der Waals surface area contributed by atoms with E-state index in [1.807, 2.05) is 12.1 Å². The van der Waals surface area contributed by atoms with Gasteiger partial charge in [0.25, 0.3) is 0 Å². The second kappa shape index (κ2) is 6.52. The zero-order valence-electron chi connectivity index (χ0n) is 10.6. The number of hydrogen-bond acceptors (Lipinski definition) is 4. The van der Waals surface area contributed by atoms with Crippen LogP contribution in [0.3, 0.4) is 0 Å². The van der Waals surface area contributed by atoms with Gasteiger partial charge in [-0.2, -0.15) is 0 Å². The van der Waals surface area contributed by atoms with E-state index in [2.05, 4.69) is 0 Å². The SMILES string of the molecule is COCCOCC(=O)c1ccc(OC2CC2)cc1. The lowest BCUT2D eigenvalue weighted by Crippen LogP contribution is -2.12. The summed E-state index contributed by atoms with van der Waals surface area (Å²) in [5.74, 6) is 0.804. The molecule has 1 fully saturated rings. The first kappa shape index (κ1) is 13.1. The number of Topliss-reactive ketones (excluding diaryl/α,β-unsaturated/α-hetero) is 1. The highest BCUT2D eigenvalue weighted by atomic mass is 16.5. The molecule has 0 bridgehead atoms. The summed E-state index contributed by atoms with van der Waals surface area (Å²) in [6, 6.07) is 7.22. The van der Waals surface area contributed by atoms with E-state index < -0.39 is 0 Å². The molecule has 0 amide bonds. The van der Waals surface area contributed by atoms with Crippen LogP contribution in [0.15, 0.2) is 24.3 Å². The lowest BCUT2D eigenvalue weighted by Gasteiger charge is -2.06. The Labute approximate surface area is 107 Å². The first-order chi connectivity index (χ1) is 8.79. The monoisotopic (exact) mass is 250 g/mol. The fraction of sp³-hybridized carbons (Fsp3) is 0.500. The molecular formula is C14H18O4. The van der Waals surface area contributed by atoms with Crippen LogP contribution in [0.2, 0.25) is 0 Å². The molecule has 0 atom stereocenters. The third-order valence-electron chi connectivity index (χ3n) is 2.67. The molecule has 1 saturated carbocycles. The van der Waals surface area contributed by atoms with Gasteiger partial charge >= 0.3 is 0 Å². The largest absolute Gasteiger partial charge is 0.490 e. The maximum absolute atomic E-state index is 11.7. The van der Waals surface area contributed by atoms with E-state index in [-0.39, 0.29) is 12.4 Å². The van der Waals surface area contributed by atoms with Crippen LogP contribution < -0.4 is 4.74 Å². The fourth-order valence-corrected chi connectivity index (χ4v) is 1.49. The molecule has 0 saturated heterocycles. The van der Waals surface area contributed by atoms with E-state index in [0.717, 1.165) is 18.6 Å². The van der Waals surface area contributed by atoms with Crippen LogP contribution in [0.4, 0.5) is 0 Å². The number of methoxy groups -OCH3 is 1. The summed E-state index contributed by atoms with van der Waals surface area (Å²) in [7, 11) is 1.60. The molecule has 0 aliphatic heterocycles. The van der Waals surface area contributed by atoms with Crippen molar-refractivity contribution in [1.82, 2.24) is 0 Å². The van der Waals surface area contributed by atoms with Crippen molar-refractivity contribution in [3.63, 3.8) is 0 Å². The first-order valence-electron chi connectivity index (χ1n) is 6.16. The first-order valence-corrected chi connectivity index (χ1v) is 6.16. The van der Waals surface area contributed by atoms with Crippen molar-refractivity contribution in [3.8, 4) is 5.75 Å². The molecule has 1 aliphatic carbocycles. The summed E-state index contributed by atoms with van der Waals surface area (Å²) < 4.78 is 15.6. The maximum atomic E-state index is 11.7. The third-order valence-corrected chi connectivity index (χ3v) is 2.67. The number of carbonyl (C=O) groups is 1. The van der Waals surface area contributed by atoms with Gasteiger partial charge in [-0.25, -0.2) is 0 Å². The van der Waals surface area contributed by atoms with Crippen LogP contribution in [0, 0.1) is 0 Å². The van der Waals surface area contributed by atoms with E-state index in [4.69, 9.17) is 14.2 Å². The summed E-state index contributed by atoms with van der Waals surface area (Å²) in [6.45, 7) is 1.03. The summed E-state index contributed by atoms with van der Waals surface area (Å²) in [5, 5.41) is 0. The van der Waals surface area contributed by atoms with Crippen molar-refractivity contribution in [3.05, 3.63) is 29.8 Å². The minimum Gasteiger partial charge on any atom is -0.490 e. The van der Waals surface area contributed by atoms with Gasteiger partial charge in [0.05, 0.1) is 19.3 Å². The van der Waals surface area contributed by atoms with Gasteiger partial charge in [0.15, 0.2) is 5.78 Å². The Balaban J connectivity index is 1.78. The highest BCUT2D eigenvalue weighted by Gasteiger charge is 2.23. The number of rotatable bonds is 8. The van der Waals surface area contributed by atoms with Gasteiger partial charge in [-0.1, -0.05) is 0 Å². The minimum atomic E-state index is -0.0240. The van der Waals surface area contributed by atoms with Crippen molar-refractivity contribution >= 4 is 5.78 Å². The number of benzene rings is 1. The Bertz CT molecular complexity index is 381. The van der Waals surface area contributed by atoms with Crippen LogP contribution in [-0.2, 0) is 9.47 Å². The Kier molecular flexibility index (Phi) is 4.73. The van der Waals surface area contributed by atoms with Gasteiger partial charge in [-0.05, 0) is 37.1 Å². The smallest absolute Gasteiger partial charge is 0.188 e. The predicted octanol–water partition coefficient (Wildman–Crippen LogP) is 2.07. The number of carbonyl (C=O) groups excluding carboxylic acids is 1. The lowest BCUT2D eigenvalue weighted by atomic mass is 10.1. The highest BCUT2D eigenvalue weighted by molar-refractivity contribution is 5.97. The van der Waals surface area contributed by atoms with Crippen molar-refractivity contribution in [1.29, 1.82) is 0 Å². The van der Waals surface area contributed by atoms with Gasteiger partial charge in [0.1, 0.15) is 12.4 Å². The summed E-state index contributed by atoms with van der Waals surface area (Å²) >= 11 is 0. The Morgan fingerprint density at radius 3 is 2.56 bits per heavy atom. The van der Waals surface area contributed by atoms with Crippen molar-refractivity contribution in [2.24, 2.45) is 0 Å². The topological polar surface area (TPSA) is 44.8 Å². The molecule has 4 heteroatoms. The van der Waals surface area contributed by atoms with Crippen LogP contribution in [0.25, 0.3) is 0 Å². The number of ketones is 1. The molecule has 18 heavy (non-hydrogen) atoms. The van der Waals surface area contributed by atoms with Gasteiger partial charge in [0, 0.05) is 12.7 Å². The Morgan fingerprint density at radius 2 is 1.94 bits per heavy atom. The molecule has 2 rings (SSSR count). The molecule has 0 radical (unpaired) electrons. The van der Waals surface area contributed by atoms with E-state index >= 15 is 0 Å². The quantitative estimate of drug-likeness (QED) is 0.523. The summed E-state index contributed by atoms with van der Waals surface area (Å²) in [4.78, 5) is 11.7. The lowest BCUT2D eigenvalue weighted by molar-refractivity contribution is 0.0577. The number of hydrogen-bond donors (Lipinski definition) is 0. The zero-order chi connectivity index (χ0) is 12.8. The second-order valence-corrected chi connectivity index (χ2v) is 4.31. The van der Waals surface area contributed by atoms with Crippen LogP contribution >= 0.6 is 0 Å². The van der Waals surface area contributed by atoms with Crippen molar-refractivity contribution < 1.29 is 19.0 Å². The normalized spacial score (nSPS) is 14.5. The third kappa shape index (κ3) is 4.13. The molecule has 0 aromatic heterocycles. The molecule has 1 aromatic carbocycles. The molecule has 1 aliphatic rings. The van der Waals surface area contributed by atoms with E-state index in [1.54, 1.807) is 19.2 Å². The van der Waals surface area contributed by atoms with Crippen LogP contribution in [0.5, 0.6) is 5.75 Å². The molecule has 0 unspecified atom stereocenters. The Morgan fingerprint density at radius 1 is 1.22 bits per heavy atom. The van der Waals surface area contributed by atoms with Crippen molar-refractivity contribution in [2.75, 3.05) is 26.9 Å². The predicted molar refractivity (Wildman–Crippen MR) is 67.1 cm³/mol. The maximum Gasteiger partial charge on any atom is 0.188 e. The van der Waals surface area contributed by atoms with Gasteiger partial charge in [-0.3, -0.25) is 4.79 Å². The summed E-state index contributed by atoms with van der Waals surface area (Å²) in [6.07, 6.45) is 2.64. The molecular weight excluding hydrogens is 232 g/mol. The molecule has 0 spiro atoms. The fourth-order valence-electron chi connectivity index (χ4n) is 1.49. The highest BCUT2D eigenvalue weighted by Crippen LogP contribution is 2.26. The Hall–Kier alpha value is -1.39. The molecule has 4 nitrogen and oxygen atoms in total. The standard InChI is InChI=1S/C14H18O4/c1-16-8-9-17-10-14(15)11-2-4-12(5-3-11)18-13-6-7-13/h2-5,13H,6-10H2,1H3. The van der Waals surface area contributed by atoms with E-state index in [9.17, 15) is 4.79 Å². The summed E-state index contributed by atoms with van der Waals surface area (Å²) in [5.41, 5.74) is 0.649. The van der Waals surface area contributed by atoms with Crippen LogP contribution in [-0.4, -0.2) is 38.8 Å². The average Bonchev–Trinajstić information content (AvgIpc) is 3.19. The molecule has 0 heterocycles. The number of ether oxygens (including phenoxy) is 3. The van der Waals surface area contributed by atoms with Crippen molar-refractivity contribution in [2.45, 2.75) is 18.9 Å². The minimum absolute atomic E-state index is 0.0240. The molecule has 1 aromatic rings. The average molecular weight is 250 g/mol. The van der Waals surface area contributed by atoms with Gasteiger partial charge < -0.3 is 14.2 Å². The van der Waals surface area contributed by atoms with E-state index in [0.29, 0.717) is 24.9 Å². The van der Waals surface area contributed by atoms with Crippen LogP contribution in [0.1, 0.15) is 23.2 Å². The zero-order valence-corrected chi connectivity index (χ0v) is 10.6. The van der Waals surface area contributed by atoms with E-state index in [1.165, 1.54) is 0 Å². The molecule has 0 N–H and O–H groups in total. The van der Waals surface area contributed by atoms with Gasteiger partial charge in [-0.15, -0.1) is 0 Å². The second-order valence-electron chi connectivity index (χ2n) is 4.31.